The van der Waals surface area contributed by atoms with E-state index >= 15 is 0 Å². The molecule has 4 aliphatic rings. The Morgan fingerprint density at radius 3 is 1.56 bits per heavy atom. The van der Waals surface area contributed by atoms with Crippen molar-refractivity contribution in [1.29, 1.82) is 0 Å². The van der Waals surface area contributed by atoms with Crippen molar-refractivity contribution < 1.29 is 19.1 Å². The van der Waals surface area contributed by atoms with Gasteiger partial charge in [-0.2, -0.15) is 0 Å². The summed E-state index contributed by atoms with van der Waals surface area (Å²) in [6.07, 6.45) is 7.17. The van der Waals surface area contributed by atoms with Crippen LogP contribution < -0.4 is 5.32 Å². The SMILES string of the molecule is CC(=O)C1=Cc2cc(Br)cnc2[C@@H](N2CCN(C(=O)OC(C)(C)C)CC2)c2ccc(Cl)cc21.CC(=O)C1=Cc2cc(Br)cnc2[C@@H](N2CCNCC2)c2ccc(Cl)cc21. The topological polar surface area (TPSA) is 108 Å². The van der Waals surface area contributed by atoms with Crippen molar-refractivity contribution in [2.45, 2.75) is 52.3 Å². The fraction of sp³-hybridized carbons (Fsp3) is 0.356. The molecule has 1 N–H and O–H groups in total. The summed E-state index contributed by atoms with van der Waals surface area (Å²) in [6.45, 7) is 14.9. The van der Waals surface area contributed by atoms with E-state index in [2.05, 4.69) is 47.0 Å². The molecule has 2 aromatic heterocycles. The number of carbonyl (C=O) groups excluding carboxylic acids is 3. The van der Waals surface area contributed by atoms with Gasteiger partial charge < -0.3 is 15.0 Å². The Bertz CT molecular complexity index is 2370. The number of nitrogens with zero attached hydrogens (tertiary/aromatic N) is 5. The zero-order valence-electron chi connectivity index (χ0n) is 33.6. The van der Waals surface area contributed by atoms with Gasteiger partial charge >= 0.3 is 6.09 Å². The predicted octanol–water partition coefficient (Wildman–Crippen LogP) is 9.52. The summed E-state index contributed by atoms with van der Waals surface area (Å²) >= 11 is 19.7. The van der Waals surface area contributed by atoms with Crippen molar-refractivity contribution in [3.8, 4) is 0 Å². The summed E-state index contributed by atoms with van der Waals surface area (Å²) in [6, 6.07) is 15.4. The van der Waals surface area contributed by atoms with E-state index < -0.39 is 5.60 Å². The monoisotopic (exact) mass is 962 g/mol. The standard InChI is InChI=1S/C25H27BrClN3O3.C20H19BrClN3O/c1-15(31)20-12-16-11-17(26)14-28-22(16)23(19-6-5-18(27)13-21(19)20)29-7-9-30(10-8-29)24(32)33-25(2,3)4;1-12(26)17-9-13-8-14(21)11-24-19(13)20(25-6-4-23-5-7-25)16-3-2-15(22)10-18(16)17/h5-6,11-14,23H,7-10H2,1-4H3;2-3,8-11,20,23H,4-7H2,1H3/t23-;20-/m00/s1. The predicted molar refractivity (Wildman–Crippen MR) is 241 cm³/mol. The molecular weight excluding hydrogens is 919 g/mol. The lowest BCUT2D eigenvalue weighted by Crippen LogP contribution is -2.51. The number of aromatic nitrogens is 2. The molecule has 59 heavy (non-hydrogen) atoms. The molecule has 2 aromatic carbocycles. The lowest BCUT2D eigenvalue weighted by molar-refractivity contribution is -0.112. The number of rotatable bonds is 4. The zero-order chi connectivity index (χ0) is 42.2. The third kappa shape index (κ3) is 9.75. The molecule has 0 radical (unpaired) electrons. The van der Waals surface area contributed by atoms with Gasteiger partial charge in [0.25, 0.3) is 0 Å². The van der Waals surface area contributed by atoms with E-state index in [9.17, 15) is 14.4 Å². The minimum absolute atomic E-state index is 0.000525. The number of pyridine rings is 2. The van der Waals surface area contributed by atoms with E-state index in [0.717, 1.165) is 79.9 Å². The normalized spacial score (nSPS) is 19.2. The third-order valence-electron chi connectivity index (χ3n) is 10.8. The fourth-order valence-corrected chi connectivity index (χ4v) is 9.17. The molecule has 0 spiro atoms. The van der Waals surface area contributed by atoms with Gasteiger partial charge in [-0.15, -0.1) is 0 Å². The van der Waals surface area contributed by atoms with E-state index in [0.29, 0.717) is 47.4 Å². The molecule has 2 atom stereocenters. The Morgan fingerprint density at radius 1 is 0.695 bits per heavy atom. The molecule has 308 valence electrons. The summed E-state index contributed by atoms with van der Waals surface area (Å²) in [5.74, 6) is 0.000222. The maximum absolute atomic E-state index is 12.6. The second kappa shape index (κ2) is 18.1. The number of benzene rings is 2. The quantitative estimate of drug-likeness (QED) is 0.214. The number of hydrogen-bond acceptors (Lipinski definition) is 9. The molecular formula is C45H46Br2Cl2N6O4. The van der Waals surface area contributed by atoms with Crippen LogP contribution in [0.1, 0.15) is 91.5 Å². The van der Waals surface area contributed by atoms with Crippen molar-refractivity contribution >= 4 is 96.0 Å². The number of piperazine rings is 2. The Morgan fingerprint density at radius 2 is 1.14 bits per heavy atom. The lowest BCUT2D eigenvalue weighted by atomic mass is 9.92. The van der Waals surface area contributed by atoms with Crippen molar-refractivity contribution in [2.24, 2.45) is 0 Å². The van der Waals surface area contributed by atoms with Gasteiger partial charge in [-0.1, -0.05) is 35.3 Å². The van der Waals surface area contributed by atoms with Gasteiger partial charge in [0.15, 0.2) is 11.6 Å². The number of halogens is 4. The van der Waals surface area contributed by atoms with Crippen LogP contribution in [0.15, 0.2) is 69.9 Å². The van der Waals surface area contributed by atoms with Crippen LogP contribution in [0.5, 0.6) is 0 Å². The smallest absolute Gasteiger partial charge is 0.410 e. The molecule has 4 heterocycles. The first-order valence-electron chi connectivity index (χ1n) is 19.6. The molecule has 4 aromatic rings. The summed E-state index contributed by atoms with van der Waals surface area (Å²) in [5.41, 5.74) is 8.29. The van der Waals surface area contributed by atoms with E-state index in [1.165, 1.54) is 0 Å². The molecule has 8 rings (SSSR count). The van der Waals surface area contributed by atoms with Gasteiger partial charge in [0, 0.05) is 94.9 Å². The van der Waals surface area contributed by atoms with Crippen LogP contribution in [0.4, 0.5) is 4.79 Å². The molecule has 10 nitrogen and oxygen atoms in total. The van der Waals surface area contributed by atoms with Crippen molar-refractivity contribution in [3.63, 3.8) is 0 Å². The molecule has 2 fully saturated rings. The van der Waals surface area contributed by atoms with Crippen molar-refractivity contribution in [3.05, 3.63) is 125 Å². The van der Waals surface area contributed by atoms with Crippen LogP contribution >= 0.6 is 55.1 Å². The maximum Gasteiger partial charge on any atom is 0.410 e. The zero-order valence-corrected chi connectivity index (χ0v) is 38.3. The highest BCUT2D eigenvalue weighted by Crippen LogP contribution is 2.43. The second-order valence-electron chi connectivity index (χ2n) is 16.0. The largest absolute Gasteiger partial charge is 0.444 e. The van der Waals surface area contributed by atoms with E-state index in [4.69, 9.17) is 37.9 Å². The number of carbonyl (C=O) groups is 3. The first kappa shape index (κ1) is 43.3. The van der Waals surface area contributed by atoms with Crippen molar-refractivity contribution in [1.82, 2.24) is 30.0 Å². The van der Waals surface area contributed by atoms with Crippen LogP contribution in [-0.4, -0.2) is 100 Å². The lowest BCUT2D eigenvalue weighted by Gasteiger charge is -2.40. The highest BCUT2D eigenvalue weighted by molar-refractivity contribution is 9.10. The Kier molecular flexibility index (Phi) is 13.3. The van der Waals surface area contributed by atoms with Gasteiger partial charge in [0.2, 0.25) is 0 Å². The average molecular weight is 966 g/mol. The molecule has 14 heteroatoms. The fourth-order valence-electron chi connectivity index (χ4n) is 8.13. The van der Waals surface area contributed by atoms with Gasteiger partial charge in [0.1, 0.15) is 5.60 Å². The molecule has 1 amide bonds. The number of allylic oxidation sites excluding steroid dienone is 2. The maximum atomic E-state index is 12.6. The molecule has 2 saturated heterocycles. The number of amides is 1. The molecule has 0 unspecified atom stereocenters. The highest BCUT2D eigenvalue weighted by atomic mass is 79.9. The highest BCUT2D eigenvalue weighted by Gasteiger charge is 2.36. The van der Waals surface area contributed by atoms with Crippen LogP contribution in [-0.2, 0) is 14.3 Å². The minimum Gasteiger partial charge on any atom is -0.444 e. The van der Waals surface area contributed by atoms with Crippen LogP contribution in [0.2, 0.25) is 10.0 Å². The van der Waals surface area contributed by atoms with Crippen LogP contribution in [0.25, 0.3) is 23.3 Å². The number of hydrogen-bond donors (Lipinski definition) is 1. The first-order chi connectivity index (χ1) is 28.1. The molecule has 0 bridgehead atoms. The van der Waals surface area contributed by atoms with E-state index in [-0.39, 0.29) is 29.7 Å². The number of nitrogens with one attached hydrogen (secondary N) is 1. The Balaban J connectivity index is 0.000000184. The molecule has 2 aliphatic carbocycles. The summed E-state index contributed by atoms with van der Waals surface area (Å²) in [7, 11) is 0. The number of ketones is 2. The second-order valence-corrected chi connectivity index (χ2v) is 18.7. The van der Waals surface area contributed by atoms with Crippen LogP contribution in [0.3, 0.4) is 0 Å². The molecule has 2 aliphatic heterocycles. The summed E-state index contributed by atoms with van der Waals surface area (Å²) in [4.78, 5) is 53.6. The van der Waals surface area contributed by atoms with Gasteiger partial charge in [-0.05, 0) is 148 Å². The van der Waals surface area contributed by atoms with Crippen LogP contribution in [0, 0.1) is 0 Å². The summed E-state index contributed by atoms with van der Waals surface area (Å²) < 4.78 is 7.29. The van der Waals surface area contributed by atoms with Crippen molar-refractivity contribution in [2.75, 3.05) is 52.4 Å². The summed E-state index contributed by atoms with van der Waals surface area (Å²) in [5, 5.41) is 4.62. The van der Waals surface area contributed by atoms with Gasteiger partial charge in [0.05, 0.1) is 23.5 Å². The van der Waals surface area contributed by atoms with E-state index in [1.54, 1.807) is 24.9 Å². The number of ether oxygens (including phenoxy) is 1. The average Bonchev–Trinajstić information content (AvgIpc) is 3.41. The number of fused-ring (bicyclic) bond motifs is 4. The number of Topliss-reactive ketones (excluding diaryl/α,β-unsaturated/α-hetero) is 2. The minimum atomic E-state index is -0.529. The molecule has 0 saturated carbocycles. The Labute approximate surface area is 372 Å². The van der Waals surface area contributed by atoms with Gasteiger partial charge in [-0.3, -0.25) is 29.4 Å². The first-order valence-corrected chi connectivity index (χ1v) is 21.9. The Hall–Kier alpha value is -3.75. The van der Waals surface area contributed by atoms with E-state index in [1.807, 2.05) is 87.7 Å². The van der Waals surface area contributed by atoms with Gasteiger partial charge in [-0.25, -0.2) is 4.79 Å². The third-order valence-corrected chi connectivity index (χ3v) is 12.1.